The molecule has 2 rings (SSSR count). The normalized spacial score (nSPS) is 14.6. The van der Waals surface area contributed by atoms with Crippen LogP contribution in [0.1, 0.15) is 41.6 Å². The highest BCUT2D eigenvalue weighted by Crippen LogP contribution is 2.28. The predicted molar refractivity (Wildman–Crippen MR) is 81.8 cm³/mol. The molecular weight excluding hydrogens is 292 g/mol. The van der Waals surface area contributed by atoms with Crippen LogP contribution in [0.25, 0.3) is 0 Å². The van der Waals surface area contributed by atoms with Crippen molar-refractivity contribution in [1.29, 1.82) is 0 Å². The van der Waals surface area contributed by atoms with E-state index in [2.05, 4.69) is 0 Å². The SMILES string of the molecule is Cc1ccc(C(=O)N(CCCCl)C2CCC2)cc1[N+](=O)[O-]. The number of nitro groups is 1. The van der Waals surface area contributed by atoms with Crippen LogP contribution in [-0.4, -0.2) is 34.2 Å². The van der Waals surface area contributed by atoms with Gasteiger partial charge < -0.3 is 4.90 Å². The van der Waals surface area contributed by atoms with Crippen molar-refractivity contribution in [2.45, 2.75) is 38.6 Å². The summed E-state index contributed by atoms with van der Waals surface area (Å²) in [5, 5.41) is 11.0. The van der Waals surface area contributed by atoms with Crippen molar-refractivity contribution < 1.29 is 9.72 Å². The van der Waals surface area contributed by atoms with E-state index in [9.17, 15) is 14.9 Å². The van der Waals surface area contributed by atoms with Crippen LogP contribution in [0.5, 0.6) is 0 Å². The summed E-state index contributed by atoms with van der Waals surface area (Å²) in [6, 6.07) is 4.92. The molecule has 1 aliphatic rings. The van der Waals surface area contributed by atoms with Gasteiger partial charge in [-0.3, -0.25) is 14.9 Å². The average molecular weight is 311 g/mol. The van der Waals surface area contributed by atoms with Crippen molar-refractivity contribution >= 4 is 23.2 Å². The van der Waals surface area contributed by atoms with E-state index >= 15 is 0 Å². The van der Waals surface area contributed by atoms with Gasteiger partial charge in [0.1, 0.15) is 0 Å². The topological polar surface area (TPSA) is 63.5 Å². The number of nitro benzene ring substituents is 1. The monoisotopic (exact) mass is 310 g/mol. The molecule has 21 heavy (non-hydrogen) atoms. The largest absolute Gasteiger partial charge is 0.336 e. The Balaban J connectivity index is 2.23. The molecule has 1 aromatic rings. The van der Waals surface area contributed by atoms with E-state index in [-0.39, 0.29) is 17.6 Å². The fourth-order valence-electron chi connectivity index (χ4n) is 2.48. The third-order valence-corrected chi connectivity index (χ3v) is 4.23. The van der Waals surface area contributed by atoms with E-state index in [4.69, 9.17) is 11.6 Å². The fourth-order valence-corrected chi connectivity index (χ4v) is 2.60. The highest BCUT2D eigenvalue weighted by atomic mass is 35.5. The number of carbonyl (C=O) groups excluding carboxylic acids is 1. The second-order valence-electron chi connectivity index (χ2n) is 5.38. The molecule has 114 valence electrons. The van der Waals surface area contributed by atoms with Gasteiger partial charge >= 0.3 is 0 Å². The maximum absolute atomic E-state index is 12.6. The van der Waals surface area contributed by atoms with Gasteiger partial charge in [-0.2, -0.15) is 0 Å². The molecule has 0 unspecified atom stereocenters. The molecule has 0 atom stereocenters. The molecule has 0 bridgehead atoms. The first-order valence-corrected chi connectivity index (χ1v) is 7.70. The summed E-state index contributed by atoms with van der Waals surface area (Å²) in [5.41, 5.74) is 0.938. The number of benzene rings is 1. The predicted octanol–water partition coefficient (Wildman–Crippen LogP) is 3.53. The molecule has 0 aromatic heterocycles. The summed E-state index contributed by atoms with van der Waals surface area (Å²) in [4.78, 5) is 25.0. The standard InChI is InChI=1S/C15H19ClN2O3/c1-11-6-7-12(10-14(11)18(20)21)15(19)17(9-3-8-16)13-4-2-5-13/h6-7,10,13H,2-5,8-9H2,1H3. The minimum absolute atomic E-state index is 0.00764. The van der Waals surface area contributed by atoms with E-state index < -0.39 is 4.92 Å². The number of rotatable bonds is 6. The van der Waals surface area contributed by atoms with Crippen molar-refractivity contribution in [3.8, 4) is 0 Å². The van der Waals surface area contributed by atoms with Gasteiger partial charge in [0.25, 0.3) is 11.6 Å². The number of hydrogen-bond donors (Lipinski definition) is 0. The Morgan fingerprint density at radius 1 is 1.48 bits per heavy atom. The molecule has 6 heteroatoms. The molecule has 0 aliphatic heterocycles. The minimum atomic E-state index is -0.446. The molecule has 0 N–H and O–H groups in total. The number of carbonyl (C=O) groups is 1. The first kappa shape index (κ1) is 15.8. The molecule has 0 radical (unpaired) electrons. The van der Waals surface area contributed by atoms with Crippen molar-refractivity contribution in [3.63, 3.8) is 0 Å². The Bertz CT molecular complexity index is 544. The third kappa shape index (κ3) is 3.53. The molecule has 1 aliphatic carbocycles. The van der Waals surface area contributed by atoms with Gasteiger partial charge in [-0.05, 0) is 38.7 Å². The Kier molecular flexibility index (Phi) is 5.17. The summed E-state index contributed by atoms with van der Waals surface area (Å²) >= 11 is 5.72. The van der Waals surface area contributed by atoms with Crippen molar-refractivity contribution in [1.82, 2.24) is 4.90 Å². The highest BCUT2D eigenvalue weighted by Gasteiger charge is 2.29. The minimum Gasteiger partial charge on any atom is -0.336 e. The Morgan fingerprint density at radius 2 is 2.19 bits per heavy atom. The zero-order valence-corrected chi connectivity index (χ0v) is 12.8. The molecule has 1 amide bonds. The second kappa shape index (κ2) is 6.89. The number of amides is 1. The van der Waals surface area contributed by atoms with E-state index in [1.165, 1.54) is 6.07 Å². The lowest BCUT2D eigenvalue weighted by Gasteiger charge is -2.37. The molecule has 1 fully saturated rings. The zero-order chi connectivity index (χ0) is 15.4. The summed E-state index contributed by atoms with van der Waals surface area (Å²) < 4.78 is 0. The quantitative estimate of drug-likeness (QED) is 0.459. The van der Waals surface area contributed by atoms with Gasteiger partial charge in [0.15, 0.2) is 0 Å². The van der Waals surface area contributed by atoms with Crippen LogP contribution in [0.2, 0.25) is 0 Å². The van der Waals surface area contributed by atoms with Crippen LogP contribution < -0.4 is 0 Å². The van der Waals surface area contributed by atoms with Gasteiger partial charge in [0.05, 0.1) is 4.92 Å². The molecule has 5 nitrogen and oxygen atoms in total. The first-order chi connectivity index (χ1) is 10.0. The fraction of sp³-hybridized carbons (Fsp3) is 0.533. The van der Waals surface area contributed by atoms with Crippen molar-refractivity contribution in [3.05, 3.63) is 39.4 Å². The van der Waals surface area contributed by atoms with Gasteiger partial charge in [0, 0.05) is 35.7 Å². The number of aryl methyl sites for hydroxylation is 1. The number of hydrogen-bond acceptors (Lipinski definition) is 3. The molecule has 0 saturated heterocycles. The summed E-state index contributed by atoms with van der Waals surface area (Å²) in [5.74, 6) is 0.373. The van der Waals surface area contributed by atoms with Crippen LogP contribution in [0.3, 0.4) is 0 Å². The zero-order valence-electron chi connectivity index (χ0n) is 12.0. The summed E-state index contributed by atoms with van der Waals surface area (Å²) in [6.45, 7) is 2.28. The molecule has 1 aromatic carbocycles. The third-order valence-electron chi connectivity index (χ3n) is 3.96. The number of halogens is 1. The Morgan fingerprint density at radius 3 is 2.71 bits per heavy atom. The second-order valence-corrected chi connectivity index (χ2v) is 5.76. The smallest absolute Gasteiger partial charge is 0.273 e. The average Bonchev–Trinajstić information content (AvgIpc) is 2.40. The van der Waals surface area contributed by atoms with Crippen LogP contribution in [0.15, 0.2) is 18.2 Å². The molecule has 0 heterocycles. The van der Waals surface area contributed by atoms with Gasteiger partial charge in [-0.1, -0.05) is 6.07 Å². The Labute approximate surface area is 129 Å². The molecular formula is C15H19ClN2O3. The lowest BCUT2D eigenvalue weighted by atomic mass is 9.90. The summed E-state index contributed by atoms with van der Waals surface area (Å²) in [6.07, 6.45) is 3.87. The lowest BCUT2D eigenvalue weighted by Crippen LogP contribution is -2.44. The molecule has 0 spiro atoms. The van der Waals surface area contributed by atoms with E-state index in [1.807, 2.05) is 4.90 Å². The Hall–Kier alpha value is -1.62. The van der Waals surface area contributed by atoms with Crippen LogP contribution in [0, 0.1) is 17.0 Å². The van der Waals surface area contributed by atoms with Crippen LogP contribution >= 0.6 is 11.6 Å². The van der Waals surface area contributed by atoms with E-state index in [0.29, 0.717) is 23.6 Å². The molecule has 1 saturated carbocycles. The maximum Gasteiger partial charge on any atom is 0.273 e. The van der Waals surface area contributed by atoms with Crippen molar-refractivity contribution in [2.24, 2.45) is 0 Å². The van der Waals surface area contributed by atoms with Gasteiger partial charge in [0.2, 0.25) is 0 Å². The van der Waals surface area contributed by atoms with Crippen LogP contribution in [0.4, 0.5) is 5.69 Å². The number of nitrogens with zero attached hydrogens (tertiary/aromatic N) is 2. The van der Waals surface area contributed by atoms with Crippen molar-refractivity contribution in [2.75, 3.05) is 12.4 Å². The summed E-state index contributed by atoms with van der Waals surface area (Å²) in [7, 11) is 0. The van der Waals surface area contributed by atoms with Gasteiger partial charge in [-0.15, -0.1) is 11.6 Å². The van der Waals surface area contributed by atoms with Gasteiger partial charge in [-0.25, -0.2) is 0 Å². The first-order valence-electron chi connectivity index (χ1n) is 7.16. The maximum atomic E-state index is 12.6. The van der Waals surface area contributed by atoms with E-state index in [1.54, 1.807) is 19.1 Å². The highest BCUT2D eigenvalue weighted by molar-refractivity contribution is 6.17. The van der Waals surface area contributed by atoms with Crippen LogP contribution in [-0.2, 0) is 0 Å². The number of alkyl halides is 1. The lowest BCUT2D eigenvalue weighted by molar-refractivity contribution is -0.385. The van der Waals surface area contributed by atoms with E-state index in [0.717, 1.165) is 25.7 Å².